The minimum Gasteiger partial charge on any atom is -0.496 e. The van der Waals surface area contributed by atoms with Crippen molar-refractivity contribution >= 4 is 37.5 Å². The quantitative estimate of drug-likeness (QED) is 0.398. The second-order valence-corrected chi connectivity index (χ2v) is 11.7. The number of piperidine rings is 1. The van der Waals surface area contributed by atoms with Crippen LogP contribution in [0.5, 0.6) is 5.75 Å². The second-order valence-electron chi connectivity index (χ2n) is 8.94. The Kier molecular flexibility index (Phi) is 10.0. The Balaban J connectivity index is 1.70. The zero-order valence-corrected chi connectivity index (χ0v) is 23.2. The average Bonchev–Trinajstić information content (AvgIpc) is 2.86. The van der Waals surface area contributed by atoms with Gasteiger partial charge in [0.25, 0.3) is 10.0 Å². The molecule has 1 heterocycles. The molecule has 1 saturated heterocycles. The van der Waals surface area contributed by atoms with Crippen molar-refractivity contribution in [2.45, 2.75) is 56.9 Å². The van der Waals surface area contributed by atoms with Crippen molar-refractivity contribution in [3.8, 4) is 5.75 Å². The highest BCUT2D eigenvalue weighted by atomic mass is 79.9. The van der Waals surface area contributed by atoms with Gasteiger partial charge in [-0.15, -0.1) is 0 Å². The van der Waals surface area contributed by atoms with E-state index in [4.69, 9.17) is 4.74 Å². The van der Waals surface area contributed by atoms with E-state index in [1.165, 1.54) is 38.5 Å². The van der Waals surface area contributed by atoms with Crippen LogP contribution in [0, 0.1) is 6.92 Å². The van der Waals surface area contributed by atoms with E-state index < -0.39 is 10.0 Å². The zero-order chi connectivity index (χ0) is 25.4. The average molecular weight is 567 g/mol. The Hall–Kier alpha value is -2.10. The third kappa shape index (κ3) is 7.21. The molecular weight excluding hydrogens is 530 g/mol. The normalized spacial score (nSPS) is 16.6. The molecule has 0 bridgehead atoms. The fourth-order valence-corrected chi connectivity index (χ4v) is 6.61. The number of hydrogen-bond acceptors (Lipinski definition) is 5. The van der Waals surface area contributed by atoms with E-state index >= 15 is 0 Å². The summed E-state index contributed by atoms with van der Waals surface area (Å²) < 4.78 is 34.1. The Bertz CT molecular complexity index is 1090. The van der Waals surface area contributed by atoms with Crippen LogP contribution in [0.2, 0.25) is 0 Å². The molecule has 0 saturated carbocycles. The number of amides is 1. The highest BCUT2D eigenvalue weighted by Gasteiger charge is 2.28. The van der Waals surface area contributed by atoms with Crippen LogP contribution in [0.1, 0.15) is 44.6 Å². The number of ether oxygens (including phenoxy) is 1. The summed E-state index contributed by atoms with van der Waals surface area (Å²) in [5.74, 6) is 0.204. The highest BCUT2D eigenvalue weighted by molar-refractivity contribution is 9.10. The van der Waals surface area contributed by atoms with Gasteiger partial charge in [-0.05, 0) is 85.4 Å². The van der Waals surface area contributed by atoms with Gasteiger partial charge in [0, 0.05) is 19.1 Å². The number of carbonyl (C=O) groups excluding carboxylic acids is 1. The van der Waals surface area contributed by atoms with Crippen molar-refractivity contribution in [2.75, 3.05) is 37.6 Å². The number of hydrogen-bond donors (Lipinski definition) is 1. The van der Waals surface area contributed by atoms with E-state index in [-0.39, 0.29) is 17.3 Å². The van der Waals surface area contributed by atoms with Crippen LogP contribution in [-0.4, -0.2) is 58.6 Å². The Morgan fingerprint density at radius 1 is 1.20 bits per heavy atom. The van der Waals surface area contributed by atoms with Crippen LogP contribution in [0.25, 0.3) is 0 Å². The second kappa shape index (κ2) is 12.7. The molecule has 9 heteroatoms. The lowest BCUT2D eigenvalue weighted by Crippen LogP contribution is -2.43. The molecule has 0 radical (unpaired) electrons. The molecule has 35 heavy (non-hydrogen) atoms. The standard InChI is InChI=1S/C26H36BrN3O4S/c1-4-21-8-5-6-16-29(21)17-7-15-28-26(31)19-30(22-11-9-20(2)10-12-22)35(32,33)23-13-14-25(34-3)24(27)18-23/h9-14,18,21H,4-8,15-17,19H2,1-3H3,(H,28,31). The lowest BCUT2D eigenvalue weighted by atomic mass is 10.00. The van der Waals surface area contributed by atoms with Gasteiger partial charge in [0.15, 0.2) is 0 Å². The van der Waals surface area contributed by atoms with Gasteiger partial charge >= 0.3 is 0 Å². The Morgan fingerprint density at radius 3 is 2.60 bits per heavy atom. The number of anilines is 1. The lowest BCUT2D eigenvalue weighted by molar-refractivity contribution is -0.119. The molecule has 0 aromatic heterocycles. The molecule has 0 aliphatic carbocycles. The van der Waals surface area contributed by atoms with Crippen molar-refractivity contribution in [3.05, 3.63) is 52.5 Å². The molecule has 192 valence electrons. The topological polar surface area (TPSA) is 79.0 Å². The fraction of sp³-hybridized carbons (Fsp3) is 0.500. The van der Waals surface area contributed by atoms with E-state index in [0.717, 1.165) is 35.8 Å². The molecule has 2 aromatic carbocycles. The molecule has 1 N–H and O–H groups in total. The largest absolute Gasteiger partial charge is 0.496 e. The summed E-state index contributed by atoms with van der Waals surface area (Å²) in [5, 5.41) is 2.92. The zero-order valence-electron chi connectivity index (χ0n) is 20.8. The molecule has 1 fully saturated rings. The number of halogens is 1. The highest BCUT2D eigenvalue weighted by Crippen LogP contribution is 2.30. The maximum absolute atomic E-state index is 13.6. The number of benzene rings is 2. The molecule has 1 amide bonds. The van der Waals surface area contributed by atoms with Crippen molar-refractivity contribution < 1.29 is 17.9 Å². The number of rotatable bonds is 11. The summed E-state index contributed by atoms with van der Waals surface area (Å²) in [6.07, 6.45) is 5.75. The van der Waals surface area contributed by atoms with Crippen molar-refractivity contribution in [1.29, 1.82) is 0 Å². The van der Waals surface area contributed by atoms with E-state index in [1.54, 1.807) is 18.2 Å². The smallest absolute Gasteiger partial charge is 0.264 e. The van der Waals surface area contributed by atoms with Crippen LogP contribution in [0.4, 0.5) is 5.69 Å². The summed E-state index contributed by atoms with van der Waals surface area (Å²) in [4.78, 5) is 15.4. The molecule has 1 unspecified atom stereocenters. The first-order valence-electron chi connectivity index (χ1n) is 12.2. The predicted molar refractivity (Wildman–Crippen MR) is 144 cm³/mol. The van der Waals surface area contributed by atoms with E-state index in [9.17, 15) is 13.2 Å². The Labute approximate surface area is 218 Å². The summed E-state index contributed by atoms with van der Waals surface area (Å²) in [6.45, 7) is 6.44. The van der Waals surface area contributed by atoms with Gasteiger partial charge in [0.05, 0.1) is 22.2 Å². The van der Waals surface area contributed by atoms with Gasteiger partial charge in [-0.25, -0.2) is 8.42 Å². The fourth-order valence-electron chi connectivity index (χ4n) is 4.47. The number of nitrogens with one attached hydrogen (secondary N) is 1. The summed E-state index contributed by atoms with van der Waals surface area (Å²) in [7, 11) is -2.47. The Morgan fingerprint density at radius 2 is 1.94 bits per heavy atom. The molecule has 2 aromatic rings. The van der Waals surface area contributed by atoms with Crippen molar-refractivity contribution in [1.82, 2.24) is 10.2 Å². The number of nitrogens with zero attached hydrogens (tertiary/aromatic N) is 2. The molecule has 1 aliphatic heterocycles. The number of aryl methyl sites for hydroxylation is 1. The molecule has 7 nitrogen and oxygen atoms in total. The minimum absolute atomic E-state index is 0.0780. The predicted octanol–water partition coefficient (Wildman–Crippen LogP) is 4.73. The molecule has 1 atom stereocenters. The first kappa shape index (κ1) is 27.5. The minimum atomic E-state index is -3.99. The van der Waals surface area contributed by atoms with Crippen molar-refractivity contribution in [3.63, 3.8) is 0 Å². The number of methoxy groups -OCH3 is 1. The number of carbonyl (C=O) groups is 1. The van der Waals surface area contributed by atoms with Crippen LogP contribution >= 0.6 is 15.9 Å². The van der Waals surface area contributed by atoms with Gasteiger partial charge in [-0.3, -0.25) is 9.10 Å². The SMILES string of the molecule is CCC1CCCCN1CCCNC(=O)CN(c1ccc(C)cc1)S(=O)(=O)c1ccc(OC)c(Br)c1. The molecule has 0 spiro atoms. The van der Waals surface area contributed by atoms with E-state index in [1.807, 2.05) is 19.1 Å². The van der Waals surface area contributed by atoms with Crippen LogP contribution in [0.3, 0.4) is 0 Å². The van der Waals surface area contributed by atoms with Crippen molar-refractivity contribution in [2.24, 2.45) is 0 Å². The van der Waals surface area contributed by atoms with Gasteiger partial charge in [-0.2, -0.15) is 0 Å². The maximum atomic E-state index is 13.6. The summed E-state index contributed by atoms with van der Waals surface area (Å²) in [6, 6.07) is 12.3. The van der Waals surface area contributed by atoms with Gasteiger partial charge in [-0.1, -0.05) is 31.0 Å². The summed E-state index contributed by atoms with van der Waals surface area (Å²) >= 11 is 3.36. The van der Waals surface area contributed by atoms with E-state index in [2.05, 4.69) is 33.1 Å². The lowest BCUT2D eigenvalue weighted by Gasteiger charge is -2.35. The van der Waals surface area contributed by atoms with Crippen LogP contribution in [0.15, 0.2) is 51.8 Å². The summed E-state index contributed by atoms with van der Waals surface area (Å²) in [5.41, 5.74) is 1.45. The van der Waals surface area contributed by atoms with E-state index in [0.29, 0.717) is 28.5 Å². The molecular formula is C26H36BrN3O4S. The first-order chi connectivity index (χ1) is 16.8. The molecule has 1 aliphatic rings. The van der Waals surface area contributed by atoms with Gasteiger partial charge in [0.2, 0.25) is 5.91 Å². The van der Waals surface area contributed by atoms with Gasteiger partial charge in [0.1, 0.15) is 12.3 Å². The van der Waals surface area contributed by atoms with Crippen LogP contribution < -0.4 is 14.4 Å². The van der Waals surface area contributed by atoms with Crippen LogP contribution in [-0.2, 0) is 14.8 Å². The first-order valence-corrected chi connectivity index (χ1v) is 14.4. The maximum Gasteiger partial charge on any atom is 0.264 e. The number of sulfonamides is 1. The molecule has 3 rings (SSSR count). The third-order valence-corrected chi connectivity index (χ3v) is 8.87. The monoisotopic (exact) mass is 565 g/mol. The third-order valence-electron chi connectivity index (χ3n) is 6.49. The number of likely N-dealkylation sites (tertiary alicyclic amines) is 1. The van der Waals surface area contributed by atoms with Gasteiger partial charge < -0.3 is 15.0 Å².